The van der Waals surface area contributed by atoms with E-state index in [4.69, 9.17) is 27.9 Å². The predicted molar refractivity (Wildman–Crippen MR) is 158 cm³/mol. The zero-order chi connectivity index (χ0) is 30.6. The molecule has 5 unspecified atom stereocenters. The molecule has 1 amide bonds. The van der Waals surface area contributed by atoms with Gasteiger partial charge < -0.3 is 20.5 Å². The lowest BCUT2D eigenvalue weighted by molar-refractivity contribution is -0.158. The highest BCUT2D eigenvalue weighted by Gasteiger charge is 2.74. The number of rotatable bonds is 7. The molecule has 3 heterocycles. The van der Waals surface area contributed by atoms with Crippen LogP contribution in [-0.2, 0) is 31.7 Å². The number of benzene rings is 2. The van der Waals surface area contributed by atoms with E-state index in [1.807, 2.05) is 18.2 Å². The zero-order valence-electron chi connectivity index (χ0n) is 23.7. The molecule has 5 atom stereocenters. The standard InChI is InChI=1S/C31H35Cl2F2N3O4/c1-5-11-42-27(40)24-23(26(39)36-10-9-17-7-6-8-18(12-17)29(2,3)4)22-15-30(34,35)16-38(22)31(24)20-13-19(32)14-21(33)25(20)37-28(31)41/h5-8,12-14,22-24,28,37,41H,1,9-11,15-16H2,2-4H3,(H,36,39). The molecule has 2 aromatic carbocycles. The van der Waals surface area contributed by atoms with Crippen molar-refractivity contribution in [2.75, 3.05) is 25.0 Å². The van der Waals surface area contributed by atoms with Crippen molar-refractivity contribution in [3.63, 3.8) is 0 Å². The first-order valence-corrected chi connectivity index (χ1v) is 14.7. The molecule has 2 saturated heterocycles. The van der Waals surface area contributed by atoms with Crippen LogP contribution in [0.2, 0.25) is 10.0 Å². The minimum atomic E-state index is -3.16. The molecule has 0 saturated carbocycles. The second-order valence-electron chi connectivity index (χ2n) is 12.4. The van der Waals surface area contributed by atoms with Crippen molar-refractivity contribution in [2.24, 2.45) is 11.8 Å². The minimum absolute atomic E-state index is 0.0498. The second kappa shape index (κ2) is 11.1. The van der Waals surface area contributed by atoms with Crippen molar-refractivity contribution in [1.82, 2.24) is 10.2 Å². The fraction of sp³-hybridized carbons (Fsp3) is 0.484. The van der Waals surface area contributed by atoms with Gasteiger partial charge in [0.25, 0.3) is 5.92 Å². The number of aliphatic hydroxyl groups is 1. The third kappa shape index (κ3) is 5.19. The van der Waals surface area contributed by atoms with E-state index < -0.39 is 60.4 Å². The molecule has 3 N–H and O–H groups in total. The maximum Gasteiger partial charge on any atom is 0.312 e. The Labute approximate surface area is 254 Å². The van der Waals surface area contributed by atoms with Crippen LogP contribution >= 0.6 is 23.2 Å². The van der Waals surface area contributed by atoms with Gasteiger partial charge in [0, 0.05) is 29.6 Å². The number of alkyl halides is 2. The normalized spacial score (nSPS) is 27.8. The van der Waals surface area contributed by atoms with Crippen LogP contribution in [0.1, 0.15) is 43.9 Å². The SMILES string of the molecule is C=CCOC(=O)C1C(C(=O)NCCc2cccc(C(C)(C)C)c2)C2CC(F)(F)CN2C12c1cc(Cl)cc(Cl)c1NC2O. The second-order valence-corrected chi connectivity index (χ2v) is 13.2. The molecule has 42 heavy (non-hydrogen) atoms. The van der Waals surface area contributed by atoms with Gasteiger partial charge in [0.05, 0.1) is 29.1 Å². The number of amides is 1. The van der Waals surface area contributed by atoms with Gasteiger partial charge in [0.15, 0.2) is 0 Å². The Hall–Kier alpha value is -2.72. The van der Waals surface area contributed by atoms with E-state index in [9.17, 15) is 14.7 Å². The number of anilines is 1. The number of nitrogens with one attached hydrogen (secondary N) is 2. The number of nitrogens with zero attached hydrogens (tertiary/aromatic N) is 1. The maximum absolute atomic E-state index is 15.1. The van der Waals surface area contributed by atoms with E-state index in [1.54, 1.807) is 0 Å². The molecule has 2 fully saturated rings. The smallest absolute Gasteiger partial charge is 0.312 e. The monoisotopic (exact) mass is 621 g/mol. The highest BCUT2D eigenvalue weighted by molar-refractivity contribution is 6.36. The summed E-state index contributed by atoms with van der Waals surface area (Å²) in [4.78, 5) is 29.1. The Morgan fingerprint density at radius 3 is 2.69 bits per heavy atom. The highest BCUT2D eigenvalue weighted by Crippen LogP contribution is 2.62. The number of carbonyl (C=O) groups excluding carboxylic acids is 2. The molecule has 3 aliphatic heterocycles. The summed E-state index contributed by atoms with van der Waals surface area (Å²) < 4.78 is 35.6. The van der Waals surface area contributed by atoms with Gasteiger partial charge in [0.1, 0.15) is 18.4 Å². The Balaban J connectivity index is 1.52. The first-order valence-electron chi connectivity index (χ1n) is 13.9. The minimum Gasteiger partial charge on any atom is -0.461 e. The molecule has 3 aliphatic rings. The summed E-state index contributed by atoms with van der Waals surface area (Å²) in [5.74, 6) is -7.14. The first kappa shape index (κ1) is 30.7. The lowest BCUT2D eigenvalue weighted by Crippen LogP contribution is -2.56. The summed E-state index contributed by atoms with van der Waals surface area (Å²) in [7, 11) is 0. The maximum atomic E-state index is 15.1. The van der Waals surface area contributed by atoms with Crippen LogP contribution in [0.3, 0.4) is 0 Å². The summed E-state index contributed by atoms with van der Waals surface area (Å²) in [5.41, 5.74) is 0.863. The average Bonchev–Trinajstić information content (AvgIpc) is 3.48. The van der Waals surface area contributed by atoms with Crippen molar-refractivity contribution >= 4 is 40.8 Å². The molecule has 11 heteroatoms. The lowest BCUT2D eigenvalue weighted by Gasteiger charge is -2.40. The Kier molecular flexibility index (Phi) is 8.11. The molecule has 226 valence electrons. The molecule has 0 radical (unpaired) electrons. The van der Waals surface area contributed by atoms with Crippen molar-refractivity contribution < 1.29 is 28.2 Å². The summed E-state index contributed by atoms with van der Waals surface area (Å²) in [6.45, 7) is 9.22. The van der Waals surface area contributed by atoms with Crippen LogP contribution in [-0.4, -0.2) is 59.8 Å². The van der Waals surface area contributed by atoms with E-state index in [0.29, 0.717) is 6.42 Å². The molecule has 0 bridgehead atoms. The summed E-state index contributed by atoms with van der Waals surface area (Å²) in [5, 5.41) is 17.6. The number of fused-ring (bicyclic) bond motifs is 4. The molecule has 0 aromatic heterocycles. The number of hydrogen-bond acceptors (Lipinski definition) is 6. The van der Waals surface area contributed by atoms with Crippen LogP contribution < -0.4 is 10.6 Å². The average molecular weight is 623 g/mol. The Morgan fingerprint density at radius 2 is 2.00 bits per heavy atom. The third-order valence-electron chi connectivity index (χ3n) is 8.62. The molecule has 2 aromatic rings. The van der Waals surface area contributed by atoms with E-state index in [1.165, 1.54) is 23.1 Å². The highest BCUT2D eigenvalue weighted by atomic mass is 35.5. The number of carbonyl (C=O) groups is 2. The van der Waals surface area contributed by atoms with E-state index in [2.05, 4.69) is 44.1 Å². The number of aliphatic hydroxyl groups excluding tert-OH is 1. The molecule has 0 aliphatic carbocycles. The quantitative estimate of drug-likeness (QED) is 0.288. The van der Waals surface area contributed by atoms with Crippen molar-refractivity contribution in [1.29, 1.82) is 0 Å². The van der Waals surface area contributed by atoms with Crippen molar-refractivity contribution in [2.45, 2.75) is 62.8 Å². The lowest BCUT2D eigenvalue weighted by atomic mass is 9.73. The van der Waals surface area contributed by atoms with Gasteiger partial charge in [-0.25, -0.2) is 8.78 Å². The van der Waals surface area contributed by atoms with Crippen molar-refractivity contribution in [3.05, 3.63) is 75.8 Å². The molecular weight excluding hydrogens is 587 g/mol. The fourth-order valence-corrected chi connectivity index (χ4v) is 7.40. The van der Waals surface area contributed by atoms with Gasteiger partial charge in [-0.1, -0.05) is 80.9 Å². The van der Waals surface area contributed by atoms with Crippen LogP contribution in [0, 0.1) is 11.8 Å². The van der Waals surface area contributed by atoms with Gasteiger partial charge >= 0.3 is 5.97 Å². The van der Waals surface area contributed by atoms with Gasteiger partial charge in [-0.15, -0.1) is 0 Å². The number of esters is 1. The van der Waals surface area contributed by atoms with E-state index >= 15 is 8.78 Å². The summed E-state index contributed by atoms with van der Waals surface area (Å²) >= 11 is 12.8. The van der Waals surface area contributed by atoms with Gasteiger partial charge in [0.2, 0.25) is 5.91 Å². The van der Waals surface area contributed by atoms with Gasteiger partial charge in [-0.2, -0.15) is 0 Å². The van der Waals surface area contributed by atoms with Gasteiger partial charge in [-0.3, -0.25) is 14.5 Å². The third-order valence-corrected chi connectivity index (χ3v) is 9.14. The first-order chi connectivity index (χ1) is 19.7. The van der Waals surface area contributed by atoms with Crippen LogP contribution in [0.15, 0.2) is 49.1 Å². The number of hydrogen-bond donors (Lipinski definition) is 3. The van der Waals surface area contributed by atoms with Crippen LogP contribution in [0.4, 0.5) is 14.5 Å². The molecule has 5 rings (SSSR count). The van der Waals surface area contributed by atoms with Gasteiger partial charge in [-0.05, 0) is 35.1 Å². The topological polar surface area (TPSA) is 90.9 Å². The van der Waals surface area contributed by atoms with E-state index in [0.717, 1.165) is 11.1 Å². The Morgan fingerprint density at radius 1 is 1.26 bits per heavy atom. The zero-order valence-corrected chi connectivity index (χ0v) is 25.2. The number of ether oxygens (including phenoxy) is 1. The predicted octanol–water partition coefficient (Wildman–Crippen LogP) is 5.27. The van der Waals surface area contributed by atoms with E-state index in [-0.39, 0.29) is 39.9 Å². The Bertz CT molecular complexity index is 1420. The van der Waals surface area contributed by atoms with Crippen LogP contribution in [0.5, 0.6) is 0 Å². The molecule has 1 spiro atoms. The fourth-order valence-electron chi connectivity index (χ4n) is 6.85. The summed E-state index contributed by atoms with van der Waals surface area (Å²) in [6, 6.07) is 9.94. The largest absolute Gasteiger partial charge is 0.461 e. The van der Waals surface area contributed by atoms with Crippen LogP contribution in [0.25, 0.3) is 0 Å². The molecule has 7 nitrogen and oxygen atoms in total. The number of halogens is 4. The van der Waals surface area contributed by atoms with Crippen molar-refractivity contribution in [3.8, 4) is 0 Å². The summed E-state index contributed by atoms with van der Waals surface area (Å²) in [6.07, 6.45) is -0.344. The molecular formula is C31H35Cl2F2N3O4.